The maximum Gasteiger partial charge on any atom is 0.574 e. The van der Waals surface area contributed by atoms with Crippen molar-refractivity contribution in [2.75, 3.05) is 35.8 Å². The molecular formula is C29H27F5N6O5S. The van der Waals surface area contributed by atoms with Gasteiger partial charge in [0.1, 0.15) is 23.8 Å². The van der Waals surface area contributed by atoms with Gasteiger partial charge in [-0.2, -0.15) is 0 Å². The van der Waals surface area contributed by atoms with Gasteiger partial charge >= 0.3 is 12.3 Å². The summed E-state index contributed by atoms with van der Waals surface area (Å²) in [6.07, 6.45) is -2.94. The summed E-state index contributed by atoms with van der Waals surface area (Å²) < 4.78 is 99.3. The zero-order valence-electron chi connectivity index (χ0n) is 24.6. The van der Waals surface area contributed by atoms with Crippen LogP contribution < -0.4 is 14.4 Å². The van der Waals surface area contributed by atoms with E-state index in [-0.39, 0.29) is 11.5 Å². The molecular weight excluding hydrogens is 639 g/mol. The molecule has 3 heterocycles. The molecule has 0 aliphatic carbocycles. The number of fused-ring (bicyclic) bond motifs is 1. The minimum atomic E-state index is -5.30. The van der Waals surface area contributed by atoms with Crippen LogP contribution in [-0.2, 0) is 19.7 Å². The Kier molecular flexibility index (Phi) is 8.74. The number of nitrogens with zero attached hydrogens (tertiary/aromatic N) is 5. The van der Waals surface area contributed by atoms with Crippen LogP contribution in [-0.4, -0.2) is 66.9 Å². The lowest BCUT2D eigenvalue weighted by Gasteiger charge is -2.35. The van der Waals surface area contributed by atoms with Crippen molar-refractivity contribution in [3.8, 4) is 17.0 Å². The molecule has 1 aliphatic rings. The fraction of sp³-hybridized carbons (Fsp3) is 0.310. The molecule has 46 heavy (non-hydrogen) atoms. The predicted molar refractivity (Wildman–Crippen MR) is 156 cm³/mol. The van der Waals surface area contributed by atoms with Crippen molar-refractivity contribution >= 4 is 38.4 Å². The van der Waals surface area contributed by atoms with Gasteiger partial charge < -0.3 is 14.5 Å². The van der Waals surface area contributed by atoms with E-state index in [1.807, 2.05) is 9.62 Å². The zero-order valence-corrected chi connectivity index (χ0v) is 25.4. The molecule has 0 saturated carbocycles. The minimum Gasteiger partial charge on any atom is -0.386 e. The van der Waals surface area contributed by atoms with Gasteiger partial charge in [0.25, 0.3) is 10.0 Å². The first-order valence-electron chi connectivity index (χ1n) is 13.7. The number of hydrogen-bond acceptors (Lipinski definition) is 10. The first-order valence-corrected chi connectivity index (χ1v) is 15.2. The fourth-order valence-electron chi connectivity index (χ4n) is 4.46. The normalized spacial score (nSPS) is 14.7. The van der Waals surface area contributed by atoms with Crippen molar-refractivity contribution in [1.82, 2.24) is 20.0 Å². The molecule has 1 aliphatic heterocycles. The number of ether oxygens (including phenoxy) is 1. The van der Waals surface area contributed by atoms with Gasteiger partial charge in [-0.25, -0.2) is 36.9 Å². The predicted octanol–water partition coefficient (Wildman–Crippen LogP) is 5.30. The van der Waals surface area contributed by atoms with Crippen LogP contribution in [0.2, 0.25) is 0 Å². The molecule has 17 heteroatoms. The summed E-state index contributed by atoms with van der Waals surface area (Å²) in [5.41, 5.74) is -0.427. The lowest BCUT2D eigenvalue weighted by atomic mass is 9.98. The van der Waals surface area contributed by atoms with E-state index in [0.717, 1.165) is 24.4 Å². The fourth-order valence-corrected chi connectivity index (χ4v) is 5.63. The maximum atomic E-state index is 14.2. The monoisotopic (exact) mass is 666 g/mol. The highest BCUT2D eigenvalue weighted by Crippen LogP contribution is 2.35. The largest absolute Gasteiger partial charge is 0.574 e. The molecule has 0 atom stereocenters. The molecule has 1 saturated heterocycles. The van der Waals surface area contributed by atoms with E-state index in [4.69, 9.17) is 4.84 Å². The number of carbonyl (C=O) groups excluding carboxylic acids is 1. The molecule has 11 nitrogen and oxygen atoms in total. The summed E-state index contributed by atoms with van der Waals surface area (Å²) in [5, 5.41) is 2.12. The highest BCUT2D eigenvalue weighted by molar-refractivity contribution is 7.92. The third-order valence-corrected chi connectivity index (χ3v) is 8.17. The molecule has 2 aromatic carbocycles. The molecule has 1 fully saturated rings. The molecule has 0 radical (unpaired) electrons. The zero-order chi connectivity index (χ0) is 33.4. The number of halogens is 5. The van der Waals surface area contributed by atoms with E-state index < -0.39 is 49.9 Å². The quantitative estimate of drug-likeness (QED) is 0.260. The van der Waals surface area contributed by atoms with Crippen LogP contribution in [0.5, 0.6) is 5.88 Å². The Morgan fingerprint density at radius 2 is 1.63 bits per heavy atom. The van der Waals surface area contributed by atoms with Gasteiger partial charge in [-0.3, -0.25) is 4.72 Å². The number of anilines is 2. The highest BCUT2D eigenvalue weighted by Gasteiger charge is 2.36. The Bertz CT molecular complexity index is 1890. The second-order valence-electron chi connectivity index (χ2n) is 11.3. The molecule has 0 spiro atoms. The van der Waals surface area contributed by atoms with Gasteiger partial charge in [0.15, 0.2) is 4.90 Å². The lowest BCUT2D eigenvalue weighted by Crippen LogP contribution is -2.48. The van der Waals surface area contributed by atoms with Gasteiger partial charge in [-0.05, 0) is 56.7 Å². The SMILES string of the molecule is CC(C)(C)C(=O)ON1CCN(c2ncnc3ccc(-c4cnc(OC(F)(F)F)c(S(=O)(=O)Nc5ccc(F)cc5F)c4)cc23)CC1. The van der Waals surface area contributed by atoms with Crippen molar-refractivity contribution in [2.24, 2.45) is 5.41 Å². The summed E-state index contributed by atoms with van der Waals surface area (Å²) in [7, 11) is -4.95. The van der Waals surface area contributed by atoms with Crippen LogP contribution in [0.3, 0.4) is 0 Å². The van der Waals surface area contributed by atoms with Crippen LogP contribution in [0.15, 0.2) is 59.9 Å². The number of benzene rings is 2. The number of rotatable bonds is 7. The number of hydroxylamine groups is 2. The molecule has 0 bridgehead atoms. The topological polar surface area (TPSA) is 127 Å². The van der Waals surface area contributed by atoms with Crippen molar-refractivity contribution < 1.29 is 44.7 Å². The van der Waals surface area contributed by atoms with E-state index in [0.29, 0.717) is 54.5 Å². The van der Waals surface area contributed by atoms with E-state index in [1.165, 1.54) is 6.33 Å². The molecule has 5 rings (SSSR count). The number of alkyl halides is 3. The second-order valence-corrected chi connectivity index (χ2v) is 12.9. The standard InChI is InChI=1S/C29H27F5N6O5S/c1-28(2,3)27(41)45-40-10-8-39(9-11-40)25-20-12-17(4-6-22(20)36-16-37-25)18-13-24(26(35-15-18)44-29(32,33)34)46(42,43)38-23-7-5-19(30)14-21(23)31/h4-7,12-16,38H,8-11H2,1-3H3. The second kappa shape index (κ2) is 12.3. The van der Waals surface area contributed by atoms with Gasteiger partial charge in [-0.1, -0.05) is 6.07 Å². The Hall–Kier alpha value is -4.64. The van der Waals surface area contributed by atoms with Crippen LogP contribution in [0.4, 0.5) is 33.5 Å². The van der Waals surface area contributed by atoms with Gasteiger partial charge in [0, 0.05) is 36.3 Å². The molecule has 244 valence electrons. The first-order chi connectivity index (χ1) is 21.5. The number of nitrogens with one attached hydrogen (secondary N) is 1. The lowest BCUT2D eigenvalue weighted by molar-refractivity contribution is -0.277. The number of aromatic nitrogens is 3. The molecule has 4 aromatic rings. The number of sulfonamides is 1. The van der Waals surface area contributed by atoms with Crippen molar-refractivity contribution in [3.63, 3.8) is 0 Å². The number of carbonyl (C=O) groups is 1. The summed E-state index contributed by atoms with van der Waals surface area (Å²) in [6, 6.07) is 7.67. The van der Waals surface area contributed by atoms with Crippen molar-refractivity contribution in [1.29, 1.82) is 0 Å². The van der Waals surface area contributed by atoms with Crippen LogP contribution in [0, 0.1) is 17.0 Å². The van der Waals surface area contributed by atoms with Gasteiger partial charge in [-0.15, -0.1) is 18.2 Å². The van der Waals surface area contributed by atoms with Gasteiger partial charge in [0.2, 0.25) is 5.88 Å². The maximum absolute atomic E-state index is 14.2. The highest BCUT2D eigenvalue weighted by atomic mass is 32.2. The Morgan fingerprint density at radius 3 is 2.28 bits per heavy atom. The summed E-state index contributed by atoms with van der Waals surface area (Å²) in [6.45, 7) is 6.91. The Balaban J connectivity index is 1.48. The minimum absolute atomic E-state index is 0.0742. The van der Waals surface area contributed by atoms with E-state index in [2.05, 4.69) is 19.7 Å². The van der Waals surface area contributed by atoms with Gasteiger partial charge in [0.05, 0.1) is 29.7 Å². The van der Waals surface area contributed by atoms with Crippen LogP contribution >= 0.6 is 0 Å². The van der Waals surface area contributed by atoms with Crippen LogP contribution in [0.1, 0.15) is 20.8 Å². The molecule has 1 N–H and O–H groups in total. The average molecular weight is 667 g/mol. The third kappa shape index (κ3) is 7.42. The number of hydrogen-bond donors (Lipinski definition) is 1. The molecule has 2 aromatic heterocycles. The third-order valence-electron chi connectivity index (χ3n) is 6.81. The summed E-state index contributed by atoms with van der Waals surface area (Å²) in [5.74, 6) is -3.42. The Morgan fingerprint density at radius 1 is 0.913 bits per heavy atom. The Labute approximate surface area is 260 Å². The number of pyridine rings is 1. The number of piperazine rings is 1. The first kappa shape index (κ1) is 32.7. The molecule has 0 unspecified atom stereocenters. The molecule has 0 amide bonds. The average Bonchev–Trinajstić information content (AvgIpc) is 2.97. The smallest absolute Gasteiger partial charge is 0.386 e. The summed E-state index contributed by atoms with van der Waals surface area (Å²) in [4.78, 5) is 31.0. The summed E-state index contributed by atoms with van der Waals surface area (Å²) >= 11 is 0. The van der Waals surface area contributed by atoms with Crippen molar-refractivity contribution in [2.45, 2.75) is 32.0 Å². The van der Waals surface area contributed by atoms with E-state index in [1.54, 1.807) is 44.0 Å². The van der Waals surface area contributed by atoms with E-state index >= 15 is 0 Å². The van der Waals surface area contributed by atoms with Crippen molar-refractivity contribution in [3.05, 3.63) is 66.6 Å². The van der Waals surface area contributed by atoms with E-state index in [9.17, 15) is 35.2 Å². The van der Waals surface area contributed by atoms with Crippen LogP contribution in [0.25, 0.3) is 22.0 Å².